The number of nitrogens with zero attached hydrogens (tertiary/aromatic N) is 2. The number of nitrogens with one attached hydrogen (secondary N) is 2. The molecule has 3 atom stereocenters. The fourth-order valence-electron chi connectivity index (χ4n) is 7.75. The smallest absolute Gasteiger partial charge is 0.262 e. The highest BCUT2D eigenvalue weighted by molar-refractivity contribution is 6.30. The van der Waals surface area contributed by atoms with Crippen LogP contribution in [0.4, 0.5) is 0 Å². The Kier molecular flexibility index (Phi) is 8.78. The molecule has 1 aliphatic carbocycles. The van der Waals surface area contributed by atoms with Crippen molar-refractivity contribution in [3.8, 4) is 11.5 Å². The predicted octanol–water partition coefficient (Wildman–Crippen LogP) is 5.48. The number of halogens is 1. The Bertz CT molecular complexity index is 1190. The van der Waals surface area contributed by atoms with Gasteiger partial charge in [0.05, 0.1) is 19.8 Å². The van der Waals surface area contributed by atoms with E-state index < -0.39 is 5.66 Å². The standard InChI is InChI=1S/C33H45ClN4O3/c1-3-41-29-22-27(40-2)14-15-28(29)33(32(39)38-20-16-26(17-21-38)37-18-6-7-19-37)35-30(23-8-4-5-9-23)31(36-33)24-10-12-25(34)13-11-24/h10-15,22-23,26,30-31,35-36H,3-9,16-21H2,1-2H3. The Morgan fingerprint density at radius 2 is 1.66 bits per heavy atom. The Morgan fingerprint density at radius 3 is 2.32 bits per heavy atom. The molecule has 2 N–H and O–H groups in total. The van der Waals surface area contributed by atoms with Crippen molar-refractivity contribution in [3.63, 3.8) is 0 Å². The number of piperidine rings is 1. The molecule has 2 aromatic carbocycles. The molecule has 0 aromatic heterocycles. The van der Waals surface area contributed by atoms with Crippen molar-refractivity contribution in [2.45, 2.75) is 82.1 Å². The first-order chi connectivity index (χ1) is 20.0. The Morgan fingerprint density at radius 1 is 0.951 bits per heavy atom. The van der Waals surface area contributed by atoms with Crippen molar-refractivity contribution in [3.05, 3.63) is 58.6 Å². The van der Waals surface area contributed by atoms with Gasteiger partial charge in [0.2, 0.25) is 0 Å². The first-order valence-corrected chi connectivity index (χ1v) is 16.1. The van der Waals surface area contributed by atoms with Crippen molar-refractivity contribution >= 4 is 17.5 Å². The van der Waals surface area contributed by atoms with Gasteiger partial charge in [0, 0.05) is 41.8 Å². The number of hydrogen-bond donors (Lipinski definition) is 2. The van der Waals surface area contributed by atoms with Crippen LogP contribution in [-0.2, 0) is 10.5 Å². The van der Waals surface area contributed by atoms with Crippen LogP contribution in [-0.4, -0.2) is 67.7 Å². The van der Waals surface area contributed by atoms with Crippen molar-refractivity contribution in [2.75, 3.05) is 39.9 Å². The molecule has 1 amide bonds. The summed E-state index contributed by atoms with van der Waals surface area (Å²) in [5.74, 6) is 1.95. The van der Waals surface area contributed by atoms with Crippen LogP contribution < -0.4 is 20.1 Å². The van der Waals surface area contributed by atoms with Gasteiger partial charge in [-0.15, -0.1) is 0 Å². The molecule has 3 heterocycles. The molecule has 41 heavy (non-hydrogen) atoms. The minimum absolute atomic E-state index is 0.0435. The van der Waals surface area contributed by atoms with Crippen LogP contribution in [0, 0.1) is 5.92 Å². The average Bonchev–Trinajstić information content (AvgIpc) is 3.79. The summed E-state index contributed by atoms with van der Waals surface area (Å²) in [7, 11) is 1.66. The summed E-state index contributed by atoms with van der Waals surface area (Å²) in [6.45, 7) is 6.41. The topological polar surface area (TPSA) is 66.1 Å². The zero-order valence-corrected chi connectivity index (χ0v) is 25.3. The van der Waals surface area contributed by atoms with Gasteiger partial charge < -0.3 is 19.3 Å². The molecule has 3 unspecified atom stereocenters. The zero-order chi connectivity index (χ0) is 28.4. The van der Waals surface area contributed by atoms with Crippen LogP contribution in [0.2, 0.25) is 5.02 Å². The van der Waals surface area contributed by atoms with Gasteiger partial charge in [0.1, 0.15) is 11.5 Å². The Balaban J connectivity index is 1.39. The van der Waals surface area contributed by atoms with E-state index in [1.165, 1.54) is 38.8 Å². The van der Waals surface area contributed by atoms with Gasteiger partial charge in [-0.05, 0) is 94.3 Å². The van der Waals surface area contributed by atoms with Crippen molar-refractivity contribution in [2.24, 2.45) is 5.92 Å². The van der Waals surface area contributed by atoms with E-state index in [4.69, 9.17) is 21.1 Å². The monoisotopic (exact) mass is 580 g/mol. The van der Waals surface area contributed by atoms with E-state index in [1.54, 1.807) is 7.11 Å². The van der Waals surface area contributed by atoms with Crippen LogP contribution in [0.5, 0.6) is 11.5 Å². The SMILES string of the molecule is CCOc1cc(OC)ccc1C1(C(=O)N2CCC(N3CCCC3)CC2)NC(c2ccc(Cl)cc2)C(C2CCCC2)N1. The van der Waals surface area contributed by atoms with Gasteiger partial charge in [-0.1, -0.05) is 36.6 Å². The second kappa shape index (κ2) is 12.5. The molecule has 6 rings (SSSR count). The quantitative estimate of drug-likeness (QED) is 0.431. The molecule has 4 fully saturated rings. The van der Waals surface area contributed by atoms with E-state index >= 15 is 0 Å². The van der Waals surface area contributed by atoms with Gasteiger partial charge in [-0.3, -0.25) is 15.4 Å². The van der Waals surface area contributed by atoms with Crippen molar-refractivity contribution < 1.29 is 14.3 Å². The molecule has 0 radical (unpaired) electrons. The maximum absolute atomic E-state index is 14.9. The Hall–Kier alpha value is -2.32. The molecule has 8 heteroatoms. The van der Waals surface area contributed by atoms with Crippen molar-refractivity contribution in [1.82, 2.24) is 20.4 Å². The van der Waals surface area contributed by atoms with Crippen LogP contribution in [0.25, 0.3) is 0 Å². The lowest BCUT2D eigenvalue weighted by Crippen LogP contribution is -2.61. The van der Waals surface area contributed by atoms with E-state index in [0.29, 0.717) is 35.1 Å². The molecule has 7 nitrogen and oxygen atoms in total. The number of hydrogen-bond acceptors (Lipinski definition) is 6. The van der Waals surface area contributed by atoms with Gasteiger partial charge in [0.15, 0.2) is 5.66 Å². The van der Waals surface area contributed by atoms with Crippen LogP contribution in [0.3, 0.4) is 0 Å². The minimum Gasteiger partial charge on any atom is -0.497 e. The summed E-state index contributed by atoms with van der Waals surface area (Å²) >= 11 is 6.30. The Labute approximate surface area is 249 Å². The number of benzene rings is 2. The summed E-state index contributed by atoms with van der Waals surface area (Å²) in [5, 5.41) is 8.58. The summed E-state index contributed by atoms with van der Waals surface area (Å²) in [5.41, 5.74) is 0.855. The highest BCUT2D eigenvalue weighted by Gasteiger charge is 2.56. The summed E-state index contributed by atoms with van der Waals surface area (Å²) < 4.78 is 11.8. The third-order valence-electron chi connectivity index (χ3n) is 9.87. The molecule has 3 aliphatic heterocycles. The molecule has 0 spiro atoms. The van der Waals surface area contributed by atoms with E-state index in [-0.39, 0.29) is 18.0 Å². The predicted molar refractivity (Wildman–Crippen MR) is 162 cm³/mol. The molecule has 3 saturated heterocycles. The van der Waals surface area contributed by atoms with Gasteiger partial charge in [-0.25, -0.2) is 0 Å². The lowest BCUT2D eigenvalue weighted by molar-refractivity contribution is -0.141. The van der Waals surface area contributed by atoms with Gasteiger partial charge in [0.25, 0.3) is 5.91 Å². The molecule has 0 bridgehead atoms. The largest absolute Gasteiger partial charge is 0.497 e. The molecule has 2 aromatic rings. The van der Waals surface area contributed by atoms with Gasteiger partial charge >= 0.3 is 0 Å². The number of amides is 1. The normalized spacial score (nSPS) is 27.9. The van der Waals surface area contributed by atoms with Crippen LogP contribution in [0.15, 0.2) is 42.5 Å². The lowest BCUT2D eigenvalue weighted by atomic mass is 9.89. The third-order valence-corrected chi connectivity index (χ3v) is 10.1. The maximum atomic E-state index is 14.9. The highest BCUT2D eigenvalue weighted by Crippen LogP contribution is 2.45. The number of rotatable bonds is 8. The first kappa shape index (κ1) is 28.8. The van der Waals surface area contributed by atoms with E-state index in [9.17, 15) is 4.79 Å². The average molecular weight is 581 g/mol. The third kappa shape index (κ3) is 5.71. The molecular formula is C33H45ClN4O3. The molecule has 222 valence electrons. The fraction of sp³-hybridized carbons (Fsp3) is 0.606. The molecular weight excluding hydrogens is 536 g/mol. The molecule has 4 aliphatic rings. The first-order valence-electron chi connectivity index (χ1n) is 15.7. The van der Waals surface area contributed by atoms with E-state index in [0.717, 1.165) is 49.9 Å². The van der Waals surface area contributed by atoms with Crippen LogP contribution >= 0.6 is 11.6 Å². The minimum atomic E-state index is -1.12. The molecule has 1 saturated carbocycles. The number of ether oxygens (including phenoxy) is 2. The summed E-state index contributed by atoms with van der Waals surface area (Å²) in [6.07, 6.45) is 9.42. The maximum Gasteiger partial charge on any atom is 0.262 e. The summed E-state index contributed by atoms with van der Waals surface area (Å²) in [4.78, 5) is 19.7. The summed E-state index contributed by atoms with van der Waals surface area (Å²) in [6, 6.07) is 14.6. The number of methoxy groups -OCH3 is 1. The van der Waals surface area contributed by atoms with E-state index in [2.05, 4.69) is 32.6 Å². The highest BCUT2D eigenvalue weighted by atomic mass is 35.5. The van der Waals surface area contributed by atoms with Crippen LogP contribution in [0.1, 0.15) is 75.5 Å². The van der Waals surface area contributed by atoms with Gasteiger partial charge in [-0.2, -0.15) is 0 Å². The zero-order valence-electron chi connectivity index (χ0n) is 24.5. The fourth-order valence-corrected chi connectivity index (χ4v) is 7.88. The number of carbonyl (C=O) groups excluding carboxylic acids is 1. The second-order valence-corrected chi connectivity index (χ2v) is 12.6. The van der Waals surface area contributed by atoms with Crippen molar-refractivity contribution in [1.29, 1.82) is 0 Å². The second-order valence-electron chi connectivity index (χ2n) is 12.2. The number of likely N-dealkylation sites (tertiary alicyclic amines) is 2. The lowest BCUT2D eigenvalue weighted by Gasteiger charge is -2.41. The van der Waals surface area contributed by atoms with E-state index in [1.807, 2.05) is 37.3 Å². The number of carbonyl (C=O) groups is 1.